The van der Waals surface area contributed by atoms with E-state index in [0.717, 1.165) is 50.0 Å². The molecule has 13 nitrogen and oxygen atoms in total. The summed E-state index contributed by atoms with van der Waals surface area (Å²) in [5.41, 5.74) is 26.0. The van der Waals surface area contributed by atoms with Gasteiger partial charge in [0.15, 0.2) is 16.7 Å². The van der Waals surface area contributed by atoms with Gasteiger partial charge in [0.1, 0.15) is 22.3 Å². The van der Waals surface area contributed by atoms with E-state index in [-0.39, 0.29) is 0 Å². The van der Waals surface area contributed by atoms with Crippen LogP contribution in [0.2, 0.25) is 0 Å². The van der Waals surface area contributed by atoms with Crippen LogP contribution in [0.5, 0.6) is 5.75 Å². The number of hydrogen-bond acceptors (Lipinski definition) is 10. The summed E-state index contributed by atoms with van der Waals surface area (Å²) in [5, 5.41) is 0. The van der Waals surface area contributed by atoms with Crippen LogP contribution in [0.25, 0.3) is 67.7 Å². The molecule has 13 heteroatoms. The third kappa shape index (κ3) is 8.58. The van der Waals surface area contributed by atoms with Crippen molar-refractivity contribution in [3.8, 4) is 40.1 Å². The number of hydrogen-bond donors (Lipinski definition) is 3. The normalized spacial score (nSPS) is 10.7. The monoisotopic (exact) mass is 772 g/mol. The number of nitrogens with zero attached hydrogens (tertiary/aromatic N) is 3. The van der Waals surface area contributed by atoms with Crippen molar-refractivity contribution in [2.24, 2.45) is 17.2 Å². The maximum atomic E-state index is 11.2. The van der Waals surface area contributed by atoms with E-state index in [1.807, 2.05) is 74.5 Å². The molecule has 0 saturated carbocycles. The molecule has 0 saturated heterocycles. The lowest BCUT2D eigenvalue weighted by Crippen LogP contribution is -2.10. The minimum Gasteiger partial charge on any atom is -0.497 e. The minimum absolute atomic E-state index is 0.419. The van der Waals surface area contributed by atoms with Crippen molar-refractivity contribution in [2.75, 3.05) is 7.11 Å². The molecule has 0 bridgehead atoms. The summed E-state index contributed by atoms with van der Waals surface area (Å²) < 4.78 is 22.2. The van der Waals surface area contributed by atoms with Crippen LogP contribution in [-0.2, 0) is 0 Å². The number of rotatable bonds is 7. The van der Waals surface area contributed by atoms with E-state index >= 15 is 0 Å². The van der Waals surface area contributed by atoms with Crippen LogP contribution in [0.3, 0.4) is 0 Å². The van der Waals surface area contributed by atoms with Crippen molar-refractivity contribution in [1.82, 2.24) is 15.0 Å². The highest BCUT2D eigenvalue weighted by atomic mass is 16.5. The lowest BCUT2D eigenvalue weighted by molar-refractivity contribution is 0.0992. The number of primary amides is 3. The molecule has 6 aromatic carbocycles. The topological polar surface area (TPSA) is 217 Å². The second-order valence-electron chi connectivity index (χ2n) is 13.2. The van der Waals surface area contributed by atoms with Gasteiger partial charge in [-0.3, -0.25) is 14.4 Å². The Labute approximate surface area is 331 Å². The SMILES string of the molecule is COc1ccc2nc(-c3cccc(C(N)=O)c3)oc2c1.Cc1ccc2nc(-c3ccc(C(N)=O)cc3)oc2c1.Cc1ccc2nc(-c3cccc(C(N)=O)c3)oc2c1. The number of aryl methyl sites for hydroxylation is 2. The fourth-order valence-electron chi connectivity index (χ4n) is 5.85. The molecule has 0 fully saturated rings. The Morgan fingerprint density at radius 2 is 0.879 bits per heavy atom. The Kier molecular flexibility index (Phi) is 10.8. The summed E-state index contributed by atoms with van der Waals surface area (Å²) in [4.78, 5) is 46.6. The molecule has 58 heavy (non-hydrogen) atoms. The number of benzene rings is 6. The molecule has 0 aliphatic heterocycles. The quantitative estimate of drug-likeness (QED) is 0.140. The molecule has 0 atom stereocenters. The molecule has 0 unspecified atom stereocenters. The Hall–Kier alpha value is -8.06. The molecule has 288 valence electrons. The van der Waals surface area contributed by atoms with Gasteiger partial charge in [-0.25, -0.2) is 15.0 Å². The predicted octanol–water partition coefficient (Wildman–Crippen LogP) is 8.41. The van der Waals surface area contributed by atoms with Crippen molar-refractivity contribution in [2.45, 2.75) is 13.8 Å². The number of fused-ring (bicyclic) bond motifs is 3. The van der Waals surface area contributed by atoms with Crippen LogP contribution >= 0.6 is 0 Å². The summed E-state index contributed by atoms with van der Waals surface area (Å²) in [6, 6.07) is 37.8. The molecular formula is C45H36N6O7. The zero-order valence-corrected chi connectivity index (χ0v) is 31.6. The Morgan fingerprint density at radius 1 is 0.466 bits per heavy atom. The largest absolute Gasteiger partial charge is 0.497 e. The van der Waals surface area contributed by atoms with Crippen LogP contribution in [-0.4, -0.2) is 39.8 Å². The molecule has 3 amide bonds. The number of ether oxygens (including phenoxy) is 1. The maximum absolute atomic E-state index is 11.2. The number of methoxy groups -OCH3 is 1. The average molecular weight is 773 g/mol. The van der Waals surface area contributed by atoms with Gasteiger partial charge < -0.3 is 35.2 Å². The highest BCUT2D eigenvalue weighted by molar-refractivity contribution is 5.95. The lowest BCUT2D eigenvalue weighted by Gasteiger charge is -1.98. The molecule has 0 aliphatic rings. The van der Waals surface area contributed by atoms with Crippen molar-refractivity contribution >= 4 is 51.0 Å². The molecule has 0 aliphatic carbocycles. The molecule has 9 rings (SSSR count). The van der Waals surface area contributed by atoms with Crippen LogP contribution in [0, 0.1) is 13.8 Å². The van der Waals surface area contributed by atoms with Gasteiger partial charge in [-0.2, -0.15) is 0 Å². The van der Waals surface area contributed by atoms with Crippen LogP contribution in [0.1, 0.15) is 42.2 Å². The van der Waals surface area contributed by atoms with E-state index in [9.17, 15) is 14.4 Å². The highest BCUT2D eigenvalue weighted by Gasteiger charge is 2.13. The Bertz CT molecular complexity index is 2960. The van der Waals surface area contributed by atoms with E-state index in [1.165, 1.54) is 0 Å². The number of carbonyl (C=O) groups is 3. The maximum Gasteiger partial charge on any atom is 0.248 e. The standard InChI is InChI=1S/C15H12N2O3.2C15H12N2O2/c1-19-11-5-6-12-13(8-11)20-15(17-12)10-4-2-3-9(7-10)14(16)18;1-9-2-7-12-13(8-9)19-15(17-12)11-5-3-10(4-6-11)14(16)18;1-9-5-6-12-13(7-9)19-15(17-12)11-4-2-3-10(8-11)14(16)18/h2-8H,1H3,(H2,16,18);2*2-8H,1H3,(H2,16,18). The van der Waals surface area contributed by atoms with Gasteiger partial charge in [-0.15, -0.1) is 0 Å². The van der Waals surface area contributed by atoms with Gasteiger partial charge in [0.2, 0.25) is 35.4 Å². The first-order chi connectivity index (χ1) is 27.9. The van der Waals surface area contributed by atoms with Crippen LogP contribution in [0.15, 0.2) is 141 Å². The third-order valence-electron chi connectivity index (χ3n) is 8.89. The van der Waals surface area contributed by atoms with E-state index in [4.69, 9.17) is 35.2 Å². The van der Waals surface area contributed by atoms with E-state index in [1.54, 1.807) is 73.8 Å². The van der Waals surface area contributed by atoms with Crippen LogP contribution < -0.4 is 21.9 Å². The first-order valence-corrected chi connectivity index (χ1v) is 17.8. The summed E-state index contributed by atoms with van der Waals surface area (Å²) in [7, 11) is 1.59. The fourth-order valence-corrected chi connectivity index (χ4v) is 5.85. The molecule has 3 heterocycles. The van der Waals surface area contributed by atoms with Crippen molar-refractivity contribution < 1.29 is 32.4 Å². The van der Waals surface area contributed by atoms with Gasteiger partial charge >= 0.3 is 0 Å². The molecule has 3 aromatic heterocycles. The zero-order chi connectivity index (χ0) is 40.9. The number of aromatic nitrogens is 3. The number of nitrogens with two attached hydrogens (primary N) is 3. The van der Waals surface area contributed by atoms with Crippen molar-refractivity contribution in [1.29, 1.82) is 0 Å². The Balaban J connectivity index is 0.000000132. The average Bonchev–Trinajstić information content (AvgIpc) is 3.98. The van der Waals surface area contributed by atoms with Crippen molar-refractivity contribution in [3.05, 3.63) is 155 Å². The van der Waals surface area contributed by atoms with Crippen molar-refractivity contribution in [3.63, 3.8) is 0 Å². The lowest BCUT2D eigenvalue weighted by atomic mass is 10.1. The molecular weight excluding hydrogens is 737 g/mol. The second kappa shape index (κ2) is 16.4. The van der Waals surface area contributed by atoms with E-state index in [0.29, 0.717) is 51.3 Å². The summed E-state index contributed by atoms with van der Waals surface area (Å²) in [6.07, 6.45) is 0. The minimum atomic E-state index is -0.482. The van der Waals surface area contributed by atoms with Crippen LogP contribution in [0.4, 0.5) is 0 Å². The Morgan fingerprint density at radius 3 is 1.31 bits per heavy atom. The molecule has 0 spiro atoms. The van der Waals surface area contributed by atoms with Gasteiger partial charge in [0.25, 0.3) is 0 Å². The second-order valence-corrected chi connectivity index (χ2v) is 13.2. The summed E-state index contributed by atoms with van der Waals surface area (Å²) >= 11 is 0. The fraction of sp³-hybridized carbons (Fsp3) is 0.0667. The third-order valence-corrected chi connectivity index (χ3v) is 8.89. The van der Waals surface area contributed by atoms with Gasteiger partial charge in [0, 0.05) is 39.4 Å². The number of carbonyl (C=O) groups excluding carboxylic acids is 3. The first kappa shape index (κ1) is 38.2. The summed E-state index contributed by atoms with van der Waals surface area (Å²) in [5.74, 6) is 0.779. The molecule has 6 N–H and O–H groups in total. The number of amides is 3. The van der Waals surface area contributed by atoms with Gasteiger partial charge in [-0.05, 0) is 122 Å². The van der Waals surface area contributed by atoms with Gasteiger partial charge in [0.05, 0.1) is 7.11 Å². The van der Waals surface area contributed by atoms with Gasteiger partial charge in [-0.1, -0.05) is 24.3 Å². The van der Waals surface area contributed by atoms with E-state index in [2.05, 4.69) is 15.0 Å². The first-order valence-electron chi connectivity index (χ1n) is 17.8. The molecule has 0 radical (unpaired) electrons. The molecule has 9 aromatic rings. The highest BCUT2D eigenvalue weighted by Crippen LogP contribution is 2.29. The zero-order valence-electron chi connectivity index (χ0n) is 31.6. The predicted molar refractivity (Wildman–Crippen MR) is 220 cm³/mol. The smallest absolute Gasteiger partial charge is 0.248 e. The summed E-state index contributed by atoms with van der Waals surface area (Å²) in [6.45, 7) is 4.00. The number of oxazole rings is 3. The van der Waals surface area contributed by atoms with E-state index < -0.39 is 17.7 Å².